The van der Waals surface area contributed by atoms with Gasteiger partial charge in [-0.3, -0.25) is 4.21 Å². The van der Waals surface area contributed by atoms with Gasteiger partial charge in [-0.1, -0.05) is 0 Å². The van der Waals surface area contributed by atoms with Gasteiger partial charge < -0.3 is 10.2 Å². The molecule has 1 saturated heterocycles. The number of carbonyl (C=O) groups is 1. The Kier molecular flexibility index (Phi) is 3.52. The van der Waals surface area contributed by atoms with Crippen LogP contribution >= 0.6 is 0 Å². The van der Waals surface area contributed by atoms with Crippen LogP contribution < -0.4 is 5.32 Å². The van der Waals surface area contributed by atoms with Gasteiger partial charge in [-0.05, 0) is 6.42 Å². The van der Waals surface area contributed by atoms with Crippen molar-refractivity contribution < 1.29 is 9.00 Å². The van der Waals surface area contributed by atoms with Gasteiger partial charge in [-0.25, -0.2) is 4.79 Å². The van der Waals surface area contributed by atoms with E-state index in [0.29, 0.717) is 12.3 Å². The molecular weight excluding hydrogens is 176 g/mol. The number of carbonyl (C=O) groups excluding carboxylic acids is 1. The Labute approximate surface area is 74.8 Å². The molecule has 1 heterocycles. The second-order valence-corrected chi connectivity index (χ2v) is 4.40. The van der Waals surface area contributed by atoms with Crippen LogP contribution in [0.2, 0.25) is 0 Å². The largest absolute Gasteiger partial charge is 0.338 e. The van der Waals surface area contributed by atoms with Gasteiger partial charge in [0.1, 0.15) is 0 Å². The van der Waals surface area contributed by atoms with E-state index in [1.54, 1.807) is 11.2 Å². The molecule has 4 nitrogen and oxygen atoms in total. The summed E-state index contributed by atoms with van der Waals surface area (Å²) >= 11 is 0. The summed E-state index contributed by atoms with van der Waals surface area (Å²) in [5.74, 6) is 0.577. The van der Waals surface area contributed by atoms with E-state index >= 15 is 0 Å². The topological polar surface area (TPSA) is 49.4 Å². The summed E-state index contributed by atoms with van der Waals surface area (Å²) in [7, 11) is -0.804. The van der Waals surface area contributed by atoms with Crippen LogP contribution in [0.25, 0.3) is 0 Å². The van der Waals surface area contributed by atoms with Crippen LogP contribution in [0.4, 0.5) is 4.79 Å². The summed E-state index contributed by atoms with van der Waals surface area (Å²) in [6.45, 7) is 2.17. The molecule has 1 atom stereocenters. The molecule has 0 saturated carbocycles. The lowest BCUT2D eigenvalue weighted by molar-refractivity contribution is 0.190. The second-order valence-electron chi connectivity index (χ2n) is 2.85. The maximum absolute atomic E-state index is 11.1. The van der Waals surface area contributed by atoms with Crippen molar-refractivity contribution in [3.8, 4) is 0 Å². The van der Waals surface area contributed by atoms with Gasteiger partial charge in [0.15, 0.2) is 0 Å². The lowest BCUT2D eigenvalue weighted by atomic mass is 10.3. The van der Waals surface area contributed by atoms with Crippen LogP contribution in [-0.2, 0) is 10.8 Å². The number of rotatable bonds is 3. The Hall–Kier alpha value is -0.580. The molecule has 1 N–H and O–H groups in total. The van der Waals surface area contributed by atoms with E-state index in [9.17, 15) is 9.00 Å². The van der Waals surface area contributed by atoms with Crippen LogP contribution in [0, 0.1) is 0 Å². The molecule has 1 aliphatic rings. The molecule has 0 radical (unpaired) electrons. The molecule has 0 spiro atoms. The minimum Gasteiger partial charge on any atom is -0.338 e. The predicted molar refractivity (Wildman–Crippen MR) is 48.5 cm³/mol. The number of amides is 2. The molecule has 0 aromatic heterocycles. The first-order valence-electron chi connectivity index (χ1n) is 4.03. The lowest BCUT2D eigenvalue weighted by Gasteiger charge is -2.26. The third kappa shape index (κ3) is 2.81. The molecule has 1 rings (SSSR count). The molecule has 0 aliphatic carbocycles. The van der Waals surface area contributed by atoms with Crippen LogP contribution in [0.15, 0.2) is 0 Å². The molecule has 70 valence electrons. The minimum absolute atomic E-state index is 0.0216. The van der Waals surface area contributed by atoms with Gasteiger partial charge in [0.2, 0.25) is 0 Å². The highest BCUT2D eigenvalue weighted by Gasteiger charge is 2.16. The molecule has 0 aromatic carbocycles. The zero-order valence-corrected chi connectivity index (χ0v) is 8.02. The maximum Gasteiger partial charge on any atom is 0.317 e. The molecule has 2 amide bonds. The molecule has 12 heavy (non-hydrogen) atoms. The Morgan fingerprint density at radius 2 is 2.42 bits per heavy atom. The number of hydrogen-bond donors (Lipinski definition) is 1. The summed E-state index contributed by atoms with van der Waals surface area (Å²) in [5.41, 5.74) is 0. The van der Waals surface area contributed by atoms with Crippen molar-refractivity contribution in [3.63, 3.8) is 0 Å². The number of urea groups is 1. The van der Waals surface area contributed by atoms with Crippen LogP contribution in [-0.4, -0.2) is 46.8 Å². The summed E-state index contributed by atoms with van der Waals surface area (Å²) in [5, 5.41) is 2.74. The van der Waals surface area contributed by atoms with Gasteiger partial charge in [-0.15, -0.1) is 0 Å². The zero-order valence-electron chi connectivity index (χ0n) is 7.21. The molecule has 1 unspecified atom stereocenters. The average Bonchev–Trinajstić information content (AvgIpc) is 2.03. The van der Waals surface area contributed by atoms with Crippen LogP contribution in [0.5, 0.6) is 0 Å². The minimum atomic E-state index is -0.804. The predicted octanol–water partition coefficient (Wildman–Crippen LogP) is -0.220. The molecule has 0 aromatic rings. The van der Waals surface area contributed by atoms with E-state index in [-0.39, 0.29) is 6.03 Å². The third-order valence-electron chi connectivity index (χ3n) is 1.82. The number of nitrogens with zero attached hydrogens (tertiary/aromatic N) is 1. The normalized spacial score (nSPS) is 20.4. The first-order chi connectivity index (χ1) is 5.70. The highest BCUT2D eigenvalue weighted by molar-refractivity contribution is 7.84. The molecule has 1 fully saturated rings. The van der Waals surface area contributed by atoms with Gasteiger partial charge in [0.25, 0.3) is 0 Å². The molecule has 5 heteroatoms. The van der Waals surface area contributed by atoms with Crippen molar-refractivity contribution in [1.82, 2.24) is 10.2 Å². The molecular formula is C7H14N2O2S. The van der Waals surface area contributed by atoms with E-state index in [0.717, 1.165) is 19.5 Å². The number of nitrogens with one attached hydrogen (secondary N) is 1. The zero-order chi connectivity index (χ0) is 8.97. The Morgan fingerprint density at radius 1 is 1.67 bits per heavy atom. The highest BCUT2D eigenvalue weighted by atomic mass is 32.2. The maximum atomic E-state index is 11.1. The third-order valence-corrected chi connectivity index (χ3v) is 2.57. The smallest absolute Gasteiger partial charge is 0.317 e. The summed E-state index contributed by atoms with van der Waals surface area (Å²) < 4.78 is 10.7. The van der Waals surface area contributed by atoms with E-state index in [1.165, 1.54) is 0 Å². The van der Waals surface area contributed by atoms with Gasteiger partial charge in [0, 0.05) is 42.4 Å². The summed E-state index contributed by atoms with van der Waals surface area (Å²) in [6, 6.07) is -0.0216. The van der Waals surface area contributed by atoms with Gasteiger partial charge >= 0.3 is 6.03 Å². The van der Waals surface area contributed by atoms with E-state index in [1.807, 2.05) is 0 Å². The standard InChI is InChI=1S/C7H14N2O2S/c1-12(11)6-5-9-4-2-3-8-7(9)10/h2-6H2,1H3,(H,8,10). The average molecular weight is 190 g/mol. The summed E-state index contributed by atoms with van der Waals surface area (Å²) in [4.78, 5) is 12.8. The van der Waals surface area contributed by atoms with Crippen molar-refractivity contribution in [1.29, 1.82) is 0 Å². The fraction of sp³-hybridized carbons (Fsp3) is 0.857. The number of hydrogen-bond acceptors (Lipinski definition) is 2. The van der Waals surface area contributed by atoms with Crippen LogP contribution in [0.3, 0.4) is 0 Å². The van der Waals surface area contributed by atoms with E-state index in [2.05, 4.69) is 5.32 Å². The Bertz CT molecular complexity index is 196. The highest BCUT2D eigenvalue weighted by Crippen LogP contribution is 1.98. The van der Waals surface area contributed by atoms with Gasteiger partial charge in [0.05, 0.1) is 0 Å². The van der Waals surface area contributed by atoms with Gasteiger partial charge in [-0.2, -0.15) is 0 Å². The Morgan fingerprint density at radius 3 is 3.00 bits per heavy atom. The van der Waals surface area contributed by atoms with E-state index < -0.39 is 10.8 Å². The van der Waals surface area contributed by atoms with Crippen LogP contribution in [0.1, 0.15) is 6.42 Å². The lowest BCUT2D eigenvalue weighted by Crippen LogP contribution is -2.47. The van der Waals surface area contributed by atoms with Crippen molar-refractivity contribution in [3.05, 3.63) is 0 Å². The second kappa shape index (κ2) is 4.45. The molecule has 0 bridgehead atoms. The first-order valence-corrected chi connectivity index (χ1v) is 5.75. The fourth-order valence-electron chi connectivity index (χ4n) is 1.13. The van der Waals surface area contributed by atoms with Crippen molar-refractivity contribution in [2.24, 2.45) is 0 Å². The van der Waals surface area contributed by atoms with Crippen molar-refractivity contribution >= 4 is 16.8 Å². The fourth-order valence-corrected chi connectivity index (χ4v) is 1.61. The SMILES string of the molecule is CS(=O)CCN1CCCNC1=O. The quantitative estimate of drug-likeness (QED) is 0.669. The van der Waals surface area contributed by atoms with E-state index in [4.69, 9.17) is 0 Å². The van der Waals surface area contributed by atoms with Crippen molar-refractivity contribution in [2.75, 3.05) is 31.6 Å². The van der Waals surface area contributed by atoms with Crippen molar-refractivity contribution in [2.45, 2.75) is 6.42 Å². The monoisotopic (exact) mass is 190 g/mol. The Balaban J connectivity index is 2.29. The first kappa shape index (κ1) is 9.51. The summed E-state index contributed by atoms with van der Waals surface area (Å²) in [6.07, 6.45) is 2.64. The molecule has 1 aliphatic heterocycles.